The summed E-state index contributed by atoms with van der Waals surface area (Å²) in [7, 11) is -2.99. The van der Waals surface area contributed by atoms with E-state index in [-0.39, 0.29) is 0 Å². The molecule has 0 aromatic heterocycles. The van der Waals surface area contributed by atoms with Gasteiger partial charge < -0.3 is 0 Å². The summed E-state index contributed by atoms with van der Waals surface area (Å²) in [5.74, 6) is 1.13. The van der Waals surface area contributed by atoms with Crippen LogP contribution in [0.2, 0.25) is 0 Å². The Morgan fingerprint density at radius 2 is 1.79 bits per heavy atom. The normalized spacial score (nSPS) is 31.5. The van der Waals surface area contributed by atoms with E-state index in [0.29, 0.717) is 31.3 Å². The van der Waals surface area contributed by atoms with E-state index in [1.165, 1.54) is 25.7 Å². The molecule has 0 unspecified atom stereocenters. The average Bonchev–Trinajstić information content (AvgIpc) is 2.39. The molecule has 1 aliphatic carbocycles. The van der Waals surface area contributed by atoms with Crippen LogP contribution in [0.5, 0.6) is 0 Å². The van der Waals surface area contributed by atoms with E-state index in [1.54, 1.807) is 4.31 Å². The minimum absolute atomic E-state index is 0.299. The Kier molecular flexibility index (Phi) is 5.26. The van der Waals surface area contributed by atoms with E-state index in [4.69, 9.17) is 0 Å². The molecule has 5 heteroatoms. The van der Waals surface area contributed by atoms with Crippen molar-refractivity contribution in [3.63, 3.8) is 0 Å². The van der Waals surface area contributed by atoms with Gasteiger partial charge in [0.2, 0.25) is 10.0 Å². The van der Waals surface area contributed by atoms with Crippen molar-refractivity contribution in [3.05, 3.63) is 0 Å². The van der Waals surface area contributed by atoms with Crippen molar-refractivity contribution in [2.45, 2.75) is 52.0 Å². The summed E-state index contributed by atoms with van der Waals surface area (Å²) in [5.41, 5.74) is 0. The highest BCUT2D eigenvalue weighted by molar-refractivity contribution is 7.89. The van der Waals surface area contributed by atoms with Gasteiger partial charge in [-0.15, -0.1) is 0 Å². The fraction of sp³-hybridized carbons (Fsp3) is 1.00. The van der Waals surface area contributed by atoms with Crippen molar-refractivity contribution in [1.82, 2.24) is 9.21 Å². The van der Waals surface area contributed by atoms with Crippen molar-refractivity contribution < 1.29 is 8.42 Å². The summed E-state index contributed by atoms with van der Waals surface area (Å²) >= 11 is 0. The molecular formula is C14H28N2O2S. The summed E-state index contributed by atoms with van der Waals surface area (Å²) in [6, 6.07) is 0.694. The molecule has 2 fully saturated rings. The minimum Gasteiger partial charge on any atom is -0.298 e. The van der Waals surface area contributed by atoms with Crippen LogP contribution in [0.3, 0.4) is 0 Å². The van der Waals surface area contributed by atoms with Gasteiger partial charge >= 0.3 is 0 Å². The fourth-order valence-corrected chi connectivity index (χ4v) is 4.96. The lowest BCUT2D eigenvalue weighted by Crippen LogP contribution is -2.53. The predicted molar refractivity (Wildman–Crippen MR) is 78.6 cm³/mol. The van der Waals surface area contributed by atoms with E-state index < -0.39 is 10.0 Å². The molecule has 0 radical (unpaired) electrons. The Labute approximate surface area is 118 Å². The third-order valence-corrected chi connectivity index (χ3v) is 6.63. The van der Waals surface area contributed by atoms with Gasteiger partial charge in [-0.2, -0.15) is 4.31 Å². The summed E-state index contributed by atoms with van der Waals surface area (Å²) < 4.78 is 25.7. The SMILES string of the molecule is CCCS(=O)(=O)N1CCN([C@H]2CCC[C@@H](C)C2)CC1. The second kappa shape index (κ2) is 6.55. The summed E-state index contributed by atoms with van der Waals surface area (Å²) in [6.45, 7) is 7.48. The van der Waals surface area contributed by atoms with E-state index >= 15 is 0 Å². The topological polar surface area (TPSA) is 40.6 Å². The van der Waals surface area contributed by atoms with Crippen molar-refractivity contribution in [2.75, 3.05) is 31.9 Å². The van der Waals surface area contributed by atoms with Crippen molar-refractivity contribution in [3.8, 4) is 0 Å². The van der Waals surface area contributed by atoms with Crippen LogP contribution < -0.4 is 0 Å². The lowest BCUT2D eigenvalue weighted by atomic mass is 9.86. The molecule has 0 aromatic rings. The molecular weight excluding hydrogens is 260 g/mol. The van der Waals surface area contributed by atoms with Crippen molar-refractivity contribution >= 4 is 10.0 Å². The molecule has 0 bridgehead atoms. The van der Waals surface area contributed by atoms with E-state index in [1.807, 2.05) is 6.92 Å². The van der Waals surface area contributed by atoms with Crippen LogP contribution in [0, 0.1) is 5.92 Å². The maximum atomic E-state index is 12.0. The highest BCUT2D eigenvalue weighted by atomic mass is 32.2. The van der Waals surface area contributed by atoms with Crippen LogP contribution in [-0.4, -0.2) is 55.6 Å². The molecule has 1 aliphatic heterocycles. The Bertz CT molecular complexity index is 375. The van der Waals surface area contributed by atoms with Gasteiger partial charge in [0.15, 0.2) is 0 Å². The minimum atomic E-state index is -2.99. The summed E-state index contributed by atoms with van der Waals surface area (Å²) in [4.78, 5) is 2.52. The first-order valence-electron chi connectivity index (χ1n) is 7.75. The molecule has 2 rings (SSSR count). The van der Waals surface area contributed by atoms with Crippen LogP contribution in [0.25, 0.3) is 0 Å². The summed E-state index contributed by atoms with van der Waals surface area (Å²) in [5, 5.41) is 0. The maximum absolute atomic E-state index is 12.0. The number of nitrogens with zero attached hydrogens (tertiary/aromatic N) is 2. The predicted octanol–water partition coefficient (Wildman–Crippen LogP) is 1.92. The Morgan fingerprint density at radius 1 is 1.11 bits per heavy atom. The third-order valence-electron chi connectivity index (χ3n) is 4.55. The number of hydrogen-bond donors (Lipinski definition) is 0. The Balaban J connectivity index is 1.85. The van der Waals surface area contributed by atoms with Crippen LogP contribution in [0.15, 0.2) is 0 Å². The number of piperazine rings is 1. The molecule has 0 N–H and O–H groups in total. The molecule has 0 amide bonds. The van der Waals surface area contributed by atoms with Gasteiger partial charge in [0.25, 0.3) is 0 Å². The van der Waals surface area contributed by atoms with E-state index in [9.17, 15) is 8.42 Å². The molecule has 4 nitrogen and oxygen atoms in total. The van der Waals surface area contributed by atoms with Crippen molar-refractivity contribution in [2.24, 2.45) is 5.92 Å². The van der Waals surface area contributed by atoms with Crippen LogP contribution >= 0.6 is 0 Å². The van der Waals surface area contributed by atoms with Gasteiger partial charge in [0.1, 0.15) is 0 Å². The monoisotopic (exact) mass is 288 g/mol. The molecule has 2 atom stereocenters. The highest BCUT2D eigenvalue weighted by Gasteiger charge is 2.31. The molecule has 1 saturated heterocycles. The third kappa shape index (κ3) is 3.92. The maximum Gasteiger partial charge on any atom is 0.214 e. The lowest BCUT2D eigenvalue weighted by Gasteiger charge is -2.41. The number of rotatable bonds is 4. The molecule has 0 aromatic carbocycles. The molecule has 1 heterocycles. The Hall–Kier alpha value is -0.130. The van der Waals surface area contributed by atoms with Crippen LogP contribution in [0.4, 0.5) is 0 Å². The number of sulfonamides is 1. The average molecular weight is 288 g/mol. The molecule has 1 saturated carbocycles. The number of hydrogen-bond acceptors (Lipinski definition) is 3. The summed E-state index contributed by atoms with van der Waals surface area (Å²) in [6.07, 6.45) is 6.00. The molecule has 2 aliphatic rings. The van der Waals surface area contributed by atoms with Crippen LogP contribution in [0.1, 0.15) is 46.0 Å². The van der Waals surface area contributed by atoms with Gasteiger partial charge in [-0.3, -0.25) is 4.90 Å². The first kappa shape index (κ1) is 15.3. The Morgan fingerprint density at radius 3 is 2.37 bits per heavy atom. The zero-order valence-corrected chi connectivity index (χ0v) is 13.2. The quantitative estimate of drug-likeness (QED) is 0.793. The molecule has 19 heavy (non-hydrogen) atoms. The fourth-order valence-electron chi connectivity index (χ4n) is 3.47. The van der Waals surface area contributed by atoms with Crippen molar-refractivity contribution in [1.29, 1.82) is 0 Å². The smallest absolute Gasteiger partial charge is 0.214 e. The van der Waals surface area contributed by atoms with Gasteiger partial charge in [-0.25, -0.2) is 8.42 Å². The van der Waals surface area contributed by atoms with Gasteiger partial charge in [-0.05, 0) is 25.2 Å². The lowest BCUT2D eigenvalue weighted by molar-refractivity contribution is 0.0967. The van der Waals surface area contributed by atoms with E-state index in [0.717, 1.165) is 19.0 Å². The molecule has 0 spiro atoms. The zero-order chi connectivity index (χ0) is 13.9. The second-order valence-corrected chi connectivity index (χ2v) is 8.27. The first-order valence-corrected chi connectivity index (χ1v) is 9.35. The van der Waals surface area contributed by atoms with Gasteiger partial charge in [0, 0.05) is 32.2 Å². The second-order valence-electron chi connectivity index (χ2n) is 6.18. The van der Waals surface area contributed by atoms with E-state index in [2.05, 4.69) is 11.8 Å². The highest BCUT2D eigenvalue weighted by Crippen LogP contribution is 2.28. The standard InChI is InChI=1S/C14H28N2O2S/c1-3-11-19(17,18)16-9-7-15(8-10-16)14-6-4-5-13(2)12-14/h13-14H,3-12H2,1-2H3/t13-,14+/m1/s1. The van der Waals surface area contributed by atoms with Gasteiger partial charge in [0.05, 0.1) is 5.75 Å². The molecule has 112 valence electrons. The zero-order valence-electron chi connectivity index (χ0n) is 12.3. The first-order chi connectivity index (χ1) is 9.03. The van der Waals surface area contributed by atoms with Gasteiger partial charge in [-0.1, -0.05) is 26.7 Å². The van der Waals surface area contributed by atoms with Crippen LogP contribution in [-0.2, 0) is 10.0 Å². The largest absolute Gasteiger partial charge is 0.298 e.